The SMILES string of the molecule is O=S(=O)(F)c1ccc(-c2cc(Cl)c3c(Br)cc(Br)cc3n2)cc1. The van der Waals surface area contributed by atoms with Crippen LogP contribution in [-0.2, 0) is 10.2 Å². The van der Waals surface area contributed by atoms with Crippen molar-refractivity contribution in [3.8, 4) is 11.3 Å². The molecule has 3 aromatic rings. The maximum Gasteiger partial charge on any atom is 0.332 e. The number of hydrogen-bond donors (Lipinski definition) is 0. The van der Waals surface area contributed by atoms with Crippen LogP contribution >= 0.6 is 43.5 Å². The molecule has 0 N–H and O–H groups in total. The molecule has 0 aliphatic rings. The first-order valence-electron chi connectivity index (χ1n) is 6.26. The van der Waals surface area contributed by atoms with Crippen LogP contribution < -0.4 is 0 Å². The van der Waals surface area contributed by atoms with Gasteiger partial charge >= 0.3 is 10.2 Å². The first-order chi connectivity index (χ1) is 10.8. The standard InChI is InChI=1S/C15H7Br2ClFNO2S/c16-9-5-11(17)15-12(18)7-13(20-14(15)6-9)8-1-3-10(4-2-8)23(19,21)22/h1-7H. The normalized spacial score (nSPS) is 11.8. The fourth-order valence-corrected chi connectivity index (χ4v) is 4.47. The molecule has 118 valence electrons. The van der Waals surface area contributed by atoms with Gasteiger partial charge in [0.15, 0.2) is 0 Å². The van der Waals surface area contributed by atoms with E-state index in [1.807, 2.05) is 12.1 Å². The van der Waals surface area contributed by atoms with Gasteiger partial charge in [-0.3, -0.25) is 0 Å². The molecule has 1 aromatic heterocycles. The molecule has 0 unspecified atom stereocenters. The molecule has 0 amide bonds. The van der Waals surface area contributed by atoms with E-state index in [4.69, 9.17) is 11.6 Å². The van der Waals surface area contributed by atoms with Crippen LogP contribution in [0.4, 0.5) is 3.89 Å². The Balaban J connectivity index is 2.17. The number of benzene rings is 2. The van der Waals surface area contributed by atoms with Gasteiger partial charge in [-0.25, -0.2) is 4.98 Å². The molecule has 0 fully saturated rings. The van der Waals surface area contributed by atoms with Gasteiger partial charge in [0.05, 0.1) is 21.1 Å². The molecule has 0 saturated carbocycles. The number of pyridine rings is 1. The van der Waals surface area contributed by atoms with Gasteiger partial charge in [-0.2, -0.15) is 8.42 Å². The summed E-state index contributed by atoms with van der Waals surface area (Å²) in [5.74, 6) is 0. The van der Waals surface area contributed by atoms with Crippen molar-refractivity contribution in [1.29, 1.82) is 0 Å². The molecule has 0 atom stereocenters. The van der Waals surface area contributed by atoms with E-state index < -0.39 is 15.1 Å². The van der Waals surface area contributed by atoms with Crippen LogP contribution in [0.5, 0.6) is 0 Å². The Morgan fingerprint density at radius 2 is 1.70 bits per heavy atom. The molecule has 23 heavy (non-hydrogen) atoms. The first-order valence-corrected chi connectivity index (χ1v) is 9.61. The van der Waals surface area contributed by atoms with Crippen LogP contribution in [0.2, 0.25) is 5.02 Å². The first kappa shape index (κ1) is 16.8. The zero-order valence-corrected chi connectivity index (χ0v) is 16.0. The van der Waals surface area contributed by atoms with Gasteiger partial charge in [0, 0.05) is 19.9 Å². The maximum absolute atomic E-state index is 12.9. The van der Waals surface area contributed by atoms with Crippen LogP contribution in [0, 0.1) is 0 Å². The van der Waals surface area contributed by atoms with Crippen molar-refractivity contribution in [3.05, 3.63) is 56.4 Å². The molecule has 0 bridgehead atoms. The number of rotatable bonds is 2. The summed E-state index contributed by atoms with van der Waals surface area (Å²) in [5, 5.41) is 1.29. The third-order valence-electron chi connectivity index (χ3n) is 3.21. The Hall–Kier alpha value is -1.02. The predicted octanol–water partition coefficient (Wildman–Crippen LogP) is 5.74. The third-order valence-corrected chi connectivity index (χ3v) is 5.43. The van der Waals surface area contributed by atoms with E-state index in [0.717, 1.165) is 14.3 Å². The topological polar surface area (TPSA) is 47.0 Å². The Morgan fingerprint density at radius 1 is 1.04 bits per heavy atom. The summed E-state index contributed by atoms with van der Waals surface area (Å²) in [4.78, 5) is 4.14. The van der Waals surface area contributed by atoms with E-state index in [1.165, 1.54) is 24.3 Å². The highest BCUT2D eigenvalue weighted by molar-refractivity contribution is 9.11. The Bertz CT molecular complexity index is 1020. The second kappa shape index (κ2) is 6.12. The minimum Gasteiger partial charge on any atom is -0.248 e. The van der Waals surface area contributed by atoms with Crippen LogP contribution in [0.3, 0.4) is 0 Å². The number of nitrogens with zero attached hydrogens (tertiary/aromatic N) is 1. The van der Waals surface area contributed by atoms with Crippen LogP contribution in [0.15, 0.2) is 56.3 Å². The van der Waals surface area contributed by atoms with Gasteiger partial charge in [0.25, 0.3) is 0 Å². The molecule has 0 aliphatic carbocycles. The molecular formula is C15H7Br2ClFNO2S. The van der Waals surface area contributed by atoms with Crippen molar-refractivity contribution >= 4 is 64.6 Å². The fourth-order valence-electron chi connectivity index (χ4n) is 2.17. The number of fused-ring (bicyclic) bond motifs is 1. The van der Waals surface area contributed by atoms with E-state index in [-0.39, 0.29) is 0 Å². The van der Waals surface area contributed by atoms with Crippen molar-refractivity contribution < 1.29 is 12.3 Å². The highest BCUT2D eigenvalue weighted by Crippen LogP contribution is 2.35. The minimum absolute atomic E-state index is 0.390. The molecule has 0 aliphatic heterocycles. The van der Waals surface area contributed by atoms with Crippen molar-refractivity contribution in [3.63, 3.8) is 0 Å². The Morgan fingerprint density at radius 3 is 2.30 bits per heavy atom. The van der Waals surface area contributed by atoms with Gasteiger partial charge < -0.3 is 0 Å². The largest absolute Gasteiger partial charge is 0.332 e. The highest BCUT2D eigenvalue weighted by atomic mass is 79.9. The number of hydrogen-bond acceptors (Lipinski definition) is 3. The zero-order valence-electron chi connectivity index (χ0n) is 11.2. The third kappa shape index (κ3) is 3.42. The molecule has 1 heterocycles. The van der Waals surface area contributed by atoms with Crippen LogP contribution in [0.25, 0.3) is 22.2 Å². The molecule has 3 nitrogen and oxygen atoms in total. The maximum atomic E-state index is 12.9. The smallest absolute Gasteiger partial charge is 0.248 e. The molecule has 0 radical (unpaired) electrons. The molecule has 2 aromatic carbocycles. The average molecular weight is 480 g/mol. The molecular weight excluding hydrogens is 472 g/mol. The minimum atomic E-state index is -4.71. The van der Waals surface area contributed by atoms with E-state index in [9.17, 15) is 12.3 Å². The summed E-state index contributed by atoms with van der Waals surface area (Å²) in [6.07, 6.45) is 0. The lowest BCUT2D eigenvalue weighted by atomic mass is 10.1. The summed E-state index contributed by atoms with van der Waals surface area (Å²) in [7, 11) is -4.71. The number of halogens is 4. The van der Waals surface area contributed by atoms with Gasteiger partial charge in [-0.05, 0) is 30.3 Å². The van der Waals surface area contributed by atoms with Crippen LogP contribution in [0.1, 0.15) is 0 Å². The molecule has 3 rings (SSSR count). The molecule has 8 heteroatoms. The van der Waals surface area contributed by atoms with Gasteiger partial charge in [0.1, 0.15) is 0 Å². The monoisotopic (exact) mass is 477 g/mol. The summed E-state index contributed by atoms with van der Waals surface area (Å²) in [5.41, 5.74) is 1.88. The van der Waals surface area contributed by atoms with Gasteiger partial charge in [-0.15, -0.1) is 3.89 Å². The summed E-state index contributed by atoms with van der Waals surface area (Å²) < 4.78 is 36.3. The average Bonchev–Trinajstić information content (AvgIpc) is 2.45. The Labute approximate surface area is 154 Å². The lowest BCUT2D eigenvalue weighted by Crippen LogP contribution is -1.92. The van der Waals surface area contributed by atoms with E-state index in [2.05, 4.69) is 36.8 Å². The van der Waals surface area contributed by atoms with Crippen molar-refractivity contribution in [1.82, 2.24) is 4.98 Å². The zero-order chi connectivity index (χ0) is 16.8. The molecule has 0 spiro atoms. The second-order valence-electron chi connectivity index (χ2n) is 4.73. The lowest BCUT2D eigenvalue weighted by molar-refractivity contribution is 0.552. The summed E-state index contributed by atoms with van der Waals surface area (Å²) >= 11 is 13.2. The molecule has 0 saturated heterocycles. The van der Waals surface area contributed by atoms with E-state index >= 15 is 0 Å². The highest BCUT2D eigenvalue weighted by Gasteiger charge is 2.13. The van der Waals surface area contributed by atoms with Gasteiger partial charge in [0.2, 0.25) is 0 Å². The quantitative estimate of drug-likeness (QED) is 0.441. The lowest BCUT2D eigenvalue weighted by Gasteiger charge is -2.08. The van der Waals surface area contributed by atoms with E-state index in [0.29, 0.717) is 21.8 Å². The Kier molecular flexibility index (Phi) is 4.48. The van der Waals surface area contributed by atoms with Crippen molar-refractivity contribution in [2.75, 3.05) is 0 Å². The van der Waals surface area contributed by atoms with Crippen LogP contribution in [-0.4, -0.2) is 13.4 Å². The summed E-state index contributed by atoms with van der Waals surface area (Å²) in [6.45, 7) is 0. The van der Waals surface area contributed by atoms with Crippen molar-refractivity contribution in [2.45, 2.75) is 4.90 Å². The summed E-state index contributed by atoms with van der Waals surface area (Å²) in [6, 6.07) is 10.8. The fraction of sp³-hybridized carbons (Fsp3) is 0. The van der Waals surface area contributed by atoms with Crippen molar-refractivity contribution in [2.24, 2.45) is 0 Å². The number of aromatic nitrogens is 1. The van der Waals surface area contributed by atoms with E-state index in [1.54, 1.807) is 6.07 Å². The predicted molar refractivity (Wildman–Crippen MR) is 95.9 cm³/mol. The second-order valence-corrected chi connectivity index (χ2v) is 8.26. The van der Waals surface area contributed by atoms with Gasteiger partial charge in [-0.1, -0.05) is 55.6 Å².